The number of carbonyl (C=O) groups is 1. The van der Waals surface area contributed by atoms with Gasteiger partial charge in [-0.05, 0) is 11.1 Å². The summed E-state index contributed by atoms with van der Waals surface area (Å²) in [5, 5.41) is 10.6. The summed E-state index contributed by atoms with van der Waals surface area (Å²) in [5.74, 6) is 0.0899. The summed E-state index contributed by atoms with van der Waals surface area (Å²) in [6, 6.07) is 6.84. The Balaban J connectivity index is 2.56. The van der Waals surface area contributed by atoms with Gasteiger partial charge >= 0.3 is 6.09 Å². The van der Waals surface area contributed by atoms with Gasteiger partial charge in [-0.3, -0.25) is 0 Å². The molecule has 3 N–H and O–H groups in total. The molecule has 0 aromatic heterocycles. The molecular weight excluding hydrogens is 218 g/mol. The van der Waals surface area contributed by atoms with Crippen molar-refractivity contribution in [3.63, 3.8) is 0 Å². The zero-order chi connectivity index (χ0) is 11.3. The minimum atomic E-state index is -1.84. The lowest BCUT2D eigenvalue weighted by Crippen LogP contribution is -2.19. The molecule has 82 valence electrons. The van der Waals surface area contributed by atoms with Crippen LogP contribution in [0.2, 0.25) is 0 Å². The lowest BCUT2D eigenvalue weighted by atomic mass is 10.1. The topological polar surface area (TPSA) is 86.6 Å². The van der Waals surface area contributed by atoms with E-state index in [9.17, 15) is 9.00 Å². The van der Waals surface area contributed by atoms with Crippen molar-refractivity contribution in [3.8, 4) is 0 Å². The van der Waals surface area contributed by atoms with Crippen LogP contribution in [0.3, 0.4) is 0 Å². The van der Waals surface area contributed by atoms with Gasteiger partial charge in [-0.2, -0.15) is 0 Å². The summed E-state index contributed by atoms with van der Waals surface area (Å²) in [5.41, 5.74) is 1.56. The second-order valence-electron chi connectivity index (χ2n) is 2.94. The molecule has 0 aliphatic carbocycles. The van der Waals surface area contributed by atoms with Crippen LogP contribution in [-0.2, 0) is 23.4 Å². The molecule has 5 nitrogen and oxygen atoms in total. The molecule has 0 fully saturated rings. The van der Waals surface area contributed by atoms with Crippen LogP contribution in [0, 0.1) is 0 Å². The van der Waals surface area contributed by atoms with Crippen LogP contribution in [0.25, 0.3) is 0 Å². The summed E-state index contributed by atoms with van der Waals surface area (Å²) in [6.45, 7) is 0.234. The van der Waals surface area contributed by atoms with E-state index in [0.29, 0.717) is 0 Å². The normalized spacial score (nSPS) is 12.1. The van der Waals surface area contributed by atoms with Crippen LogP contribution in [0.4, 0.5) is 4.79 Å². The molecule has 1 aromatic carbocycles. The van der Waals surface area contributed by atoms with Crippen molar-refractivity contribution in [2.45, 2.75) is 12.3 Å². The van der Waals surface area contributed by atoms with E-state index in [1.54, 1.807) is 24.3 Å². The third-order valence-corrected chi connectivity index (χ3v) is 2.34. The van der Waals surface area contributed by atoms with Gasteiger partial charge in [0.1, 0.15) is 0 Å². The molecule has 0 saturated carbocycles. The van der Waals surface area contributed by atoms with Gasteiger partial charge < -0.3 is 15.0 Å². The van der Waals surface area contributed by atoms with Gasteiger partial charge in [-0.1, -0.05) is 24.3 Å². The molecule has 15 heavy (non-hydrogen) atoms. The first-order chi connectivity index (χ1) is 7.08. The van der Waals surface area contributed by atoms with E-state index in [2.05, 4.69) is 5.32 Å². The second kappa shape index (κ2) is 5.47. The Morgan fingerprint density at radius 2 is 1.80 bits per heavy atom. The average Bonchev–Trinajstić information content (AvgIpc) is 2.16. The molecule has 0 heterocycles. The van der Waals surface area contributed by atoms with E-state index in [1.165, 1.54) is 0 Å². The van der Waals surface area contributed by atoms with Gasteiger partial charge in [-0.15, -0.1) is 0 Å². The van der Waals surface area contributed by atoms with Crippen LogP contribution in [0.15, 0.2) is 24.3 Å². The van der Waals surface area contributed by atoms with Gasteiger partial charge in [0.15, 0.2) is 11.1 Å². The number of nitrogens with one attached hydrogen (secondary N) is 1. The maximum absolute atomic E-state index is 10.5. The highest BCUT2D eigenvalue weighted by molar-refractivity contribution is 7.78. The summed E-state index contributed by atoms with van der Waals surface area (Å²) < 4.78 is 19.1. The van der Waals surface area contributed by atoms with Crippen LogP contribution in [0.1, 0.15) is 11.1 Å². The summed E-state index contributed by atoms with van der Waals surface area (Å²) in [7, 11) is 0. The monoisotopic (exact) mass is 229 g/mol. The van der Waals surface area contributed by atoms with E-state index in [4.69, 9.17) is 9.66 Å². The maximum Gasteiger partial charge on any atom is 0.404 e. The Bertz CT molecular complexity index is 363. The van der Waals surface area contributed by atoms with Crippen molar-refractivity contribution in [3.05, 3.63) is 35.4 Å². The Morgan fingerprint density at radius 3 is 2.27 bits per heavy atom. The molecule has 1 amide bonds. The SMILES string of the molecule is O=C(O)NCc1ccc(CS(=O)O)cc1. The molecule has 0 bridgehead atoms. The number of rotatable bonds is 4. The van der Waals surface area contributed by atoms with E-state index >= 15 is 0 Å². The number of hydrogen-bond donors (Lipinski definition) is 3. The number of hydrogen-bond acceptors (Lipinski definition) is 2. The van der Waals surface area contributed by atoms with Gasteiger partial charge in [-0.25, -0.2) is 9.00 Å². The Hall–Kier alpha value is -1.40. The molecule has 0 spiro atoms. The molecule has 0 aliphatic rings. The Kier molecular flexibility index (Phi) is 4.26. The molecular formula is C9H11NO4S. The van der Waals surface area contributed by atoms with Crippen molar-refractivity contribution in [2.75, 3.05) is 0 Å². The van der Waals surface area contributed by atoms with E-state index in [0.717, 1.165) is 11.1 Å². The molecule has 6 heteroatoms. The molecule has 1 unspecified atom stereocenters. The molecule has 0 radical (unpaired) electrons. The predicted molar refractivity (Wildman–Crippen MR) is 55.8 cm³/mol. The lowest BCUT2D eigenvalue weighted by Gasteiger charge is -2.02. The fourth-order valence-corrected chi connectivity index (χ4v) is 1.55. The largest absolute Gasteiger partial charge is 0.465 e. The average molecular weight is 229 g/mol. The third-order valence-electron chi connectivity index (χ3n) is 1.76. The van der Waals surface area contributed by atoms with Gasteiger partial charge in [0.05, 0.1) is 5.75 Å². The van der Waals surface area contributed by atoms with Crippen molar-refractivity contribution < 1.29 is 18.7 Å². The summed E-state index contributed by atoms with van der Waals surface area (Å²) in [4.78, 5) is 10.2. The first-order valence-corrected chi connectivity index (χ1v) is 5.47. The lowest BCUT2D eigenvalue weighted by molar-refractivity contribution is 0.194. The first kappa shape index (κ1) is 11.7. The van der Waals surface area contributed by atoms with Crippen LogP contribution in [0.5, 0.6) is 0 Å². The fraction of sp³-hybridized carbons (Fsp3) is 0.222. The minimum Gasteiger partial charge on any atom is -0.465 e. The first-order valence-electron chi connectivity index (χ1n) is 4.20. The Morgan fingerprint density at radius 1 is 1.27 bits per heavy atom. The van der Waals surface area contributed by atoms with Crippen molar-refractivity contribution in [2.24, 2.45) is 0 Å². The van der Waals surface area contributed by atoms with E-state index in [1.807, 2.05) is 0 Å². The standard InChI is InChI=1S/C9H11NO4S/c11-9(12)10-5-7-1-3-8(4-2-7)6-15(13)14/h1-4,10H,5-6H2,(H,11,12)(H,13,14). The van der Waals surface area contributed by atoms with Crippen molar-refractivity contribution in [1.29, 1.82) is 0 Å². The molecule has 0 saturated heterocycles. The highest BCUT2D eigenvalue weighted by Crippen LogP contribution is 2.06. The zero-order valence-corrected chi connectivity index (χ0v) is 8.66. The maximum atomic E-state index is 10.5. The fourth-order valence-electron chi connectivity index (χ4n) is 1.07. The molecule has 1 rings (SSSR count). The predicted octanol–water partition coefficient (Wildman–Crippen LogP) is 1.18. The minimum absolute atomic E-state index is 0.0899. The van der Waals surface area contributed by atoms with E-state index in [-0.39, 0.29) is 12.3 Å². The van der Waals surface area contributed by atoms with Crippen LogP contribution in [-0.4, -0.2) is 20.0 Å². The van der Waals surface area contributed by atoms with Gasteiger partial charge in [0.2, 0.25) is 0 Å². The quantitative estimate of drug-likeness (QED) is 0.676. The van der Waals surface area contributed by atoms with Crippen molar-refractivity contribution >= 4 is 17.2 Å². The zero-order valence-electron chi connectivity index (χ0n) is 7.84. The third kappa shape index (κ3) is 4.57. The Labute approximate surface area is 89.4 Å². The van der Waals surface area contributed by atoms with Crippen LogP contribution < -0.4 is 5.32 Å². The van der Waals surface area contributed by atoms with Crippen molar-refractivity contribution in [1.82, 2.24) is 5.32 Å². The molecule has 1 aromatic rings. The van der Waals surface area contributed by atoms with E-state index < -0.39 is 17.2 Å². The smallest absolute Gasteiger partial charge is 0.404 e. The highest BCUT2D eigenvalue weighted by atomic mass is 32.2. The number of benzene rings is 1. The van der Waals surface area contributed by atoms with Gasteiger partial charge in [0.25, 0.3) is 0 Å². The van der Waals surface area contributed by atoms with Gasteiger partial charge in [0, 0.05) is 6.54 Å². The summed E-state index contributed by atoms with van der Waals surface area (Å²) >= 11 is -1.84. The highest BCUT2D eigenvalue weighted by Gasteiger charge is 1.99. The molecule has 0 aliphatic heterocycles. The number of amides is 1. The summed E-state index contributed by atoms with van der Waals surface area (Å²) in [6.07, 6.45) is -1.07. The molecule has 1 atom stereocenters. The second-order valence-corrected chi connectivity index (χ2v) is 3.87. The van der Waals surface area contributed by atoms with Crippen LogP contribution >= 0.6 is 0 Å². The number of carboxylic acid groups (broad SMARTS) is 1.